The number of rotatable bonds is 5. The van der Waals surface area contributed by atoms with Crippen molar-refractivity contribution in [3.8, 4) is 0 Å². The van der Waals surface area contributed by atoms with Crippen molar-refractivity contribution < 1.29 is 9.59 Å². The van der Waals surface area contributed by atoms with Gasteiger partial charge in [-0.3, -0.25) is 14.5 Å². The Morgan fingerprint density at radius 3 is 2.57 bits per heavy atom. The van der Waals surface area contributed by atoms with Gasteiger partial charge in [0.15, 0.2) is 0 Å². The summed E-state index contributed by atoms with van der Waals surface area (Å²) in [5.41, 5.74) is 2.97. The largest absolute Gasteiger partial charge is 0.337 e. The molecule has 1 aromatic rings. The lowest BCUT2D eigenvalue weighted by Gasteiger charge is -2.41. The van der Waals surface area contributed by atoms with Crippen molar-refractivity contribution in [2.45, 2.75) is 65.5 Å². The standard InChI is InChI=1S/C22H32ClN3O2/c1-4-21(27)24-20-12-19(23)11-18(16(20)3)14-25-9-10-26(15(2)13-25)22(28)17-7-5-6-8-17/h11-12,15,17H,4-10,13-14H2,1-3H3,(H,24,27)/t15-/m0/s1. The van der Waals surface area contributed by atoms with Crippen molar-refractivity contribution >= 4 is 29.1 Å². The van der Waals surface area contributed by atoms with Crippen LogP contribution < -0.4 is 5.32 Å². The zero-order chi connectivity index (χ0) is 20.3. The first-order valence-electron chi connectivity index (χ1n) is 10.5. The molecule has 5 nitrogen and oxygen atoms in total. The SMILES string of the molecule is CCC(=O)Nc1cc(Cl)cc(CN2CCN(C(=O)C3CCCC3)[C@@H](C)C2)c1C. The molecule has 1 aliphatic heterocycles. The van der Waals surface area contributed by atoms with Gasteiger partial charge < -0.3 is 10.2 Å². The summed E-state index contributed by atoms with van der Waals surface area (Å²) >= 11 is 6.31. The van der Waals surface area contributed by atoms with Crippen LogP contribution in [0.4, 0.5) is 5.69 Å². The van der Waals surface area contributed by atoms with E-state index in [0.29, 0.717) is 17.4 Å². The van der Waals surface area contributed by atoms with Crippen molar-refractivity contribution in [1.82, 2.24) is 9.80 Å². The first kappa shape index (κ1) is 21.1. The van der Waals surface area contributed by atoms with Crippen molar-refractivity contribution in [1.29, 1.82) is 0 Å². The molecule has 1 saturated carbocycles. The molecule has 6 heteroatoms. The van der Waals surface area contributed by atoms with Crippen molar-refractivity contribution in [3.63, 3.8) is 0 Å². The Morgan fingerprint density at radius 2 is 1.93 bits per heavy atom. The number of anilines is 1. The van der Waals surface area contributed by atoms with Crippen LogP contribution in [0, 0.1) is 12.8 Å². The summed E-state index contributed by atoms with van der Waals surface area (Å²) in [7, 11) is 0. The third-order valence-electron chi connectivity index (χ3n) is 6.17. The third kappa shape index (κ3) is 4.87. The molecule has 0 bridgehead atoms. The highest BCUT2D eigenvalue weighted by atomic mass is 35.5. The van der Waals surface area contributed by atoms with E-state index in [2.05, 4.69) is 22.0 Å². The number of carbonyl (C=O) groups excluding carboxylic acids is 2. The molecule has 3 rings (SSSR count). The Kier molecular flexibility index (Phi) is 7.00. The van der Waals surface area contributed by atoms with E-state index in [9.17, 15) is 9.59 Å². The molecule has 1 aliphatic carbocycles. The summed E-state index contributed by atoms with van der Waals surface area (Å²) in [6.45, 7) is 9.31. The predicted octanol–water partition coefficient (Wildman–Crippen LogP) is 4.22. The fourth-order valence-electron chi connectivity index (χ4n) is 4.42. The van der Waals surface area contributed by atoms with Crippen molar-refractivity contribution in [3.05, 3.63) is 28.3 Å². The second kappa shape index (κ2) is 9.27. The Hall–Kier alpha value is -1.59. The first-order valence-corrected chi connectivity index (χ1v) is 10.9. The summed E-state index contributed by atoms with van der Waals surface area (Å²) in [6.07, 6.45) is 4.93. The average Bonchev–Trinajstić information content (AvgIpc) is 3.19. The topological polar surface area (TPSA) is 52.7 Å². The lowest BCUT2D eigenvalue weighted by molar-refractivity contribution is -0.140. The zero-order valence-corrected chi connectivity index (χ0v) is 18.0. The molecule has 1 saturated heterocycles. The van der Waals surface area contributed by atoms with Crippen LogP contribution in [-0.4, -0.2) is 47.3 Å². The minimum Gasteiger partial charge on any atom is -0.337 e. The molecule has 28 heavy (non-hydrogen) atoms. The molecule has 0 radical (unpaired) electrons. The molecule has 1 heterocycles. The molecular formula is C22H32ClN3O2. The van der Waals surface area contributed by atoms with Gasteiger partial charge in [-0.15, -0.1) is 0 Å². The number of benzene rings is 1. The summed E-state index contributed by atoms with van der Waals surface area (Å²) in [5.74, 6) is 0.589. The number of halogens is 1. The predicted molar refractivity (Wildman–Crippen MR) is 114 cm³/mol. The number of amides is 2. The molecule has 1 N–H and O–H groups in total. The van der Waals surface area contributed by atoms with E-state index in [1.54, 1.807) is 0 Å². The van der Waals surface area contributed by atoms with Crippen molar-refractivity contribution in [2.24, 2.45) is 5.92 Å². The fourth-order valence-corrected chi connectivity index (χ4v) is 4.66. The van der Waals surface area contributed by atoms with Gasteiger partial charge in [0.25, 0.3) is 0 Å². The van der Waals surface area contributed by atoms with Crippen LogP contribution in [0.2, 0.25) is 5.02 Å². The molecule has 0 unspecified atom stereocenters. The van der Waals surface area contributed by atoms with Crippen LogP contribution in [-0.2, 0) is 16.1 Å². The molecule has 1 aromatic carbocycles. The minimum absolute atomic E-state index is 0.0102. The van der Waals surface area contributed by atoms with Gasteiger partial charge in [0.1, 0.15) is 0 Å². The van der Waals surface area contributed by atoms with E-state index >= 15 is 0 Å². The smallest absolute Gasteiger partial charge is 0.226 e. The normalized spacial score (nSPS) is 21.1. The quantitative estimate of drug-likeness (QED) is 0.797. The van der Waals surface area contributed by atoms with E-state index in [1.807, 2.05) is 26.0 Å². The Bertz CT molecular complexity index is 731. The van der Waals surface area contributed by atoms with E-state index in [-0.39, 0.29) is 17.9 Å². The van der Waals surface area contributed by atoms with Crippen LogP contribution in [0.1, 0.15) is 57.1 Å². The third-order valence-corrected chi connectivity index (χ3v) is 6.39. The van der Waals surface area contributed by atoms with E-state index in [4.69, 9.17) is 11.6 Å². The zero-order valence-electron chi connectivity index (χ0n) is 17.3. The van der Waals surface area contributed by atoms with Gasteiger partial charge in [-0.2, -0.15) is 0 Å². The number of nitrogens with one attached hydrogen (secondary N) is 1. The maximum absolute atomic E-state index is 12.8. The molecule has 1 atom stereocenters. The van der Waals surface area contributed by atoms with Gasteiger partial charge >= 0.3 is 0 Å². The molecule has 154 valence electrons. The second-order valence-corrected chi connectivity index (χ2v) is 8.67. The summed E-state index contributed by atoms with van der Waals surface area (Å²) < 4.78 is 0. The highest BCUT2D eigenvalue weighted by molar-refractivity contribution is 6.31. The van der Waals surface area contributed by atoms with Gasteiger partial charge in [-0.1, -0.05) is 31.4 Å². The number of nitrogens with zero attached hydrogens (tertiary/aromatic N) is 2. The van der Waals surface area contributed by atoms with Gasteiger partial charge in [-0.25, -0.2) is 0 Å². The number of carbonyl (C=O) groups is 2. The highest BCUT2D eigenvalue weighted by Crippen LogP contribution is 2.29. The molecular weight excluding hydrogens is 374 g/mol. The summed E-state index contributed by atoms with van der Waals surface area (Å²) in [6, 6.07) is 4.02. The van der Waals surface area contributed by atoms with Crippen LogP contribution in [0.25, 0.3) is 0 Å². The molecule has 0 aromatic heterocycles. The Balaban J connectivity index is 1.65. The fraction of sp³-hybridized carbons (Fsp3) is 0.636. The monoisotopic (exact) mass is 405 g/mol. The van der Waals surface area contributed by atoms with Crippen LogP contribution in [0.15, 0.2) is 12.1 Å². The van der Waals surface area contributed by atoms with Crippen LogP contribution >= 0.6 is 11.6 Å². The lowest BCUT2D eigenvalue weighted by atomic mass is 10.0. The Labute approximate surface area is 173 Å². The molecule has 2 fully saturated rings. The maximum atomic E-state index is 12.8. The summed E-state index contributed by atoms with van der Waals surface area (Å²) in [4.78, 5) is 29.1. The van der Waals surface area contributed by atoms with Crippen LogP contribution in [0.3, 0.4) is 0 Å². The average molecular weight is 406 g/mol. The maximum Gasteiger partial charge on any atom is 0.226 e. The van der Waals surface area contributed by atoms with Gasteiger partial charge in [-0.05, 0) is 49.9 Å². The van der Waals surface area contributed by atoms with Crippen LogP contribution in [0.5, 0.6) is 0 Å². The van der Waals surface area contributed by atoms with E-state index in [1.165, 1.54) is 12.8 Å². The lowest BCUT2D eigenvalue weighted by Crippen LogP contribution is -2.54. The second-order valence-electron chi connectivity index (χ2n) is 8.24. The number of hydrogen-bond donors (Lipinski definition) is 1. The molecule has 0 spiro atoms. The van der Waals surface area contributed by atoms with Crippen molar-refractivity contribution in [2.75, 3.05) is 25.0 Å². The van der Waals surface area contributed by atoms with E-state index in [0.717, 1.165) is 55.8 Å². The van der Waals surface area contributed by atoms with Gasteiger partial charge in [0.2, 0.25) is 11.8 Å². The van der Waals surface area contributed by atoms with Gasteiger partial charge in [0, 0.05) is 55.3 Å². The molecule has 2 amide bonds. The van der Waals surface area contributed by atoms with E-state index < -0.39 is 0 Å². The molecule has 2 aliphatic rings. The first-order chi connectivity index (χ1) is 13.4. The highest BCUT2D eigenvalue weighted by Gasteiger charge is 2.33. The summed E-state index contributed by atoms with van der Waals surface area (Å²) in [5, 5.41) is 3.58. The minimum atomic E-state index is -0.0102. The Morgan fingerprint density at radius 1 is 1.21 bits per heavy atom. The van der Waals surface area contributed by atoms with Gasteiger partial charge in [0.05, 0.1) is 0 Å². The number of piperazine rings is 1. The number of hydrogen-bond acceptors (Lipinski definition) is 3.